The number of halogens is 1. The molecule has 0 unspecified atom stereocenters. The van der Waals surface area contributed by atoms with Crippen LogP contribution >= 0.6 is 35.7 Å². The fraction of sp³-hybridized carbons (Fsp3) is 0.438. The molecule has 0 atom stereocenters. The number of aliphatic imine (C=N–C) groups is 1. The Bertz CT molecular complexity index is 667. The van der Waals surface area contributed by atoms with E-state index in [2.05, 4.69) is 20.9 Å². The maximum absolute atomic E-state index is 6.09. The zero-order chi connectivity index (χ0) is 15.4. The second-order valence-electron chi connectivity index (χ2n) is 5.29. The van der Waals surface area contributed by atoms with E-state index in [0.717, 1.165) is 47.7 Å². The summed E-state index contributed by atoms with van der Waals surface area (Å²) in [4.78, 5) is 10.0. The van der Waals surface area contributed by atoms with Gasteiger partial charge in [0.1, 0.15) is 5.75 Å². The highest BCUT2D eigenvalue weighted by Crippen LogP contribution is 2.28. The molecule has 1 aliphatic rings. The minimum atomic E-state index is 0. The number of rotatable bonds is 4. The van der Waals surface area contributed by atoms with Gasteiger partial charge in [0.05, 0.1) is 7.11 Å². The first kappa shape index (κ1) is 18.3. The molecule has 5 nitrogen and oxygen atoms in total. The van der Waals surface area contributed by atoms with Crippen LogP contribution in [0.25, 0.3) is 10.9 Å². The number of nitrogens with one attached hydrogen (secondary N) is 1. The molecular formula is C16H23IN4OS. The predicted octanol–water partition coefficient (Wildman–Crippen LogP) is 2.70. The summed E-state index contributed by atoms with van der Waals surface area (Å²) in [6, 6.07) is 6.04. The van der Waals surface area contributed by atoms with E-state index in [-0.39, 0.29) is 24.0 Å². The Hall–Kier alpha value is -1.09. The molecular weight excluding hydrogens is 423 g/mol. The third kappa shape index (κ3) is 4.26. The van der Waals surface area contributed by atoms with Crippen molar-refractivity contribution < 1.29 is 4.74 Å². The maximum Gasteiger partial charge on any atom is 0.191 e. The third-order valence-corrected chi connectivity index (χ3v) is 4.90. The van der Waals surface area contributed by atoms with Gasteiger partial charge in [-0.2, -0.15) is 11.8 Å². The molecule has 2 heterocycles. The van der Waals surface area contributed by atoms with E-state index in [1.807, 2.05) is 30.1 Å². The van der Waals surface area contributed by atoms with Crippen molar-refractivity contribution in [3.8, 4) is 5.75 Å². The summed E-state index contributed by atoms with van der Waals surface area (Å²) >= 11 is 1.97. The number of guanidine groups is 1. The number of aromatic nitrogens is 1. The van der Waals surface area contributed by atoms with Crippen molar-refractivity contribution >= 4 is 52.6 Å². The van der Waals surface area contributed by atoms with Gasteiger partial charge in [0, 0.05) is 48.2 Å². The average molecular weight is 446 g/mol. The maximum atomic E-state index is 6.09. The van der Waals surface area contributed by atoms with Crippen molar-refractivity contribution in [2.24, 2.45) is 10.7 Å². The first-order valence-corrected chi connectivity index (χ1v) is 8.70. The van der Waals surface area contributed by atoms with E-state index in [1.54, 1.807) is 7.11 Å². The van der Waals surface area contributed by atoms with Gasteiger partial charge in [0.25, 0.3) is 0 Å². The number of aromatic amines is 1. The molecule has 3 rings (SSSR count). The van der Waals surface area contributed by atoms with Crippen LogP contribution in [0.5, 0.6) is 5.75 Å². The topological polar surface area (TPSA) is 66.6 Å². The Labute approximate surface area is 158 Å². The van der Waals surface area contributed by atoms with Crippen LogP contribution in [0.4, 0.5) is 0 Å². The van der Waals surface area contributed by atoms with Crippen molar-refractivity contribution in [1.29, 1.82) is 0 Å². The number of hydrogen-bond acceptors (Lipinski definition) is 3. The number of nitrogens with zero attached hydrogens (tertiary/aromatic N) is 2. The van der Waals surface area contributed by atoms with Gasteiger partial charge in [-0.05, 0) is 24.1 Å². The molecule has 1 aliphatic heterocycles. The fourth-order valence-electron chi connectivity index (χ4n) is 2.77. The first-order valence-electron chi connectivity index (χ1n) is 7.55. The highest BCUT2D eigenvalue weighted by molar-refractivity contribution is 14.0. The summed E-state index contributed by atoms with van der Waals surface area (Å²) in [6.45, 7) is 2.70. The van der Waals surface area contributed by atoms with Crippen LogP contribution in [-0.4, -0.2) is 54.1 Å². The molecule has 0 saturated carbocycles. The van der Waals surface area contributed by atoms with Gasteiger partial charge >= 0.3 is 0 Å². The van der Waals surface area contributed by atoms with Crippen LogP contribution in [0.1, 0.15) is 5.56 Å². The van der Waals surface area contributed by atoms with Crippen molar-refractivity contribution in [3.05, 3.63) is 30.0 Å². The Kier molecular flexibility index (Phi) is 6.88. The lowest BCUT2D eigenvalue weighted by atomic mass is 10.1. The Morgan fingerprint density at radius 2 is 2.17 bits per heavy atom. The van der Waals surface area contributed by atoms with Crippen LogP contribution in [0, 0.1) is 0 Å². The first-order chi connectivity index (χ1) is 10.8. The largest absolute Gasteiger partial charge is 0.496 e. The summed E-state index contributed by atoms with van der Waals surface area (Å²) in [7, 11) is 1.70. The number of hydrogen-bond donors (Lipinski definition) is 2. The second-order valence-corrected chi connectivity index (χ2v) is 6.51. The molecule has 1 aromatic heterocycles. The number of benzene rings is 1. The number of fused-ring (bicyclic) bond motifs is 1. The SMILES string of the molecule is COc1cccc2[nH]cc(CCN=C(N)N3CCSCC3)c12.I. The monoisotopic (exact) mass is 446 g/mol. The van der Waals surface area contributed by atoms with Gasteiger partial charge in [-0.15, -0.1) is 24.0 Å². The molecule has 2 aromatic rings. The number of thioether (sulfide) groups is 1. The van der Waals surface area contributed by atoms with Crippen molar-refractivity contribution in [3.63, 3.8) is 0 Å². The molecule has 0 bridgehead atoms. The summed E-state index contributed by atoms with van der Waals surface area (Å²) in [5.41, 5.74) is 8.41. The van der Waals surface area contributed by atoms with Crippen LogP contribution in [-0.2, 0) is 6.42 Å². The Morgan fingerprint density at radius 1 is 1.39 bits per heavy atom. The standard InChI is InChI=1S/C16H22N4OS.HI/c1-21-14-4-2-3-13-15(14)12(11-19-13)5-6-18-16(17)20-7-9-22-10-8-20;/h2-4,11,19H,5-10H2,1H3,(H2,17,18);1H. The lowest BCUT2D eigenvalue weighted by Crippen LogP contribution is -2.42. The van der Waals surface area contributed by atoms with E-state index in [1.165, 1.54) is 5.56 Å². The molecule has 0 radical (unpaired) electrons. The third-order valence-electron chi connectivity index (χ3n) is 3.96. The molecule has 3 N–H and O–H groups in total. The Balaban J connectivity index is 0.00000192. The van der Waals surface area contributed by atoms with Crippen LogP contribution in [0.15, 0.2) is 29.4 Å². The van der Waals surface area contributed by atoms with Gasteiger partial charge in [0.15, 0.2) is 5.96 Å². The molecule has 1 fully saturated rings. The van der Waals surface area contributed by atoms with Crippen LogP contribution in [0.3, 0.4) is 0 Å². The minimum absolute atomic E-state index is 0. The number of nitrogens with two attached hydrogens (primary N) is 1. The van der Waals surface area contributed by atoms with Gasteiger partial charge in [-0.25, -0.2) is 0 Å². The van der Waals surface area contributed by atoms with Crippen molar-refractivity contribution in [2.75, 3.05) is 38.2 Å². The normalized spacial score (nSPS) is 15.5. The smallest absolute Gasteiger partial charge is 0.191 e. The van der Waals surface area contributed by atoms with Crippen LogP contribution in [0.2, 0.25) is 0 Å². The van der Waals surface area contributed by atoms with E-state index < -0.39 is 0 Å². The quantitative estimate of drug-likeness (QED) is 0.431. The van der Waals surface area contributed by atoms with E-state index in [0.29, 0.717) is 12.5 Å². The van der Waals surface area contributed by atoms with Crippen molar-refractivity contribution in [2.45, 2.75) is 6.42 Å². The summed E-state index contributed by atoms with van der Waals surface area (Å²) < 4.78 is 5.46. The molecule has 0 aliphatic carbocycles. The van der Waals surface area contributed by atoms with E-state index in [9.17, 15) is 0 Å². The summed E-state index contributed by atoms with van der Waals surface area (Å²) in [5.74, 6) is 3.84. The van der Waals surface area contributed by atoms with E-state index in [4.69, 9.17) is 10.5 Å². The van der Waals surface area contributed by atoms with Crippen LogP contribution < -0.4 is 10.5 Å². The fourth-order valence-corrected chi connectivity index (χ4v) is 3.67. The highest BCUT2D eigenvalue weighted by Gasteiger charge is 2.12. The lowest BCUT2D eigenvalue weighted by molar-refractivity contribution is 0.419. The number of H-pyrrole nitrogens is 1. The number of methoxy groups -OCH3 is 1. The highest BCUT2D eigenvalue weighted by atomic mass is 127. The molecule has 0 amide bonds. The lowest BCUT2D eigenvalue weighted by Gasteiger charge is -2.27. The molecule has 23 heavy (non-hydrogen) atoms. The zero-order valence-electron chi connectivity index (χ0n) is 13.2. The van der Waals surface area contributed by atoms with Crippen molar-refractivity contribution in [1.82, 2.24) is 9.88 Å². The zero-order valence-corrected chi connectivity index (χ0v) is 16.4. The summed E-state index contributed by atoms with van der Waals surface area (Å²) in [5, 5.41) is 1.15. The minimum Gasteiger partial charge on any atom is -0.496 e. The molecule has 1 saturated heterocycles. The molecule has 126 valence electrons. The van der Waals surface area contributed by atoms with Gasteiger partial charge in [-0.3, -0.25) is 4.99 Å². The predicted molar refractivity (Wildman–Crippen MR) is 109 cm³/mol. The molecule has 7 heteroatoms. The van der Waals surface area contributed by atoms with Gasteiger partial charge in [-0.1, -0.05) is 6.07 Å². The number of ether oxygens (including phenoxy) is 1. The van der Waals surface area contributed by atoms with Gasteiger partial charge < -0.3 is 20.4 Å². The van der Waals surface area contributed by atoms with E-state index >= 15 is 0 Å². The summed E-state index contributed by atoms with van der Waals surface area (Å²) in [6.07, 6.45) is 2.89. The Morgan fingerprint density at radius 3 is 2.91 bits per heavy atom. The molecule has 0 spiro atoms. The van der Waals surface area contributed by atoms with Gasteiger partial charge in [0.2, 0.25) is 0 Å². The average Bonchev–Trinajstić information content (AvgIpc) is 2.99. The second kappa shape index (κ2) is 8.68. The molecule has 1 aromatic carbocycles.